The van der Waals surface area contributed by atoms with Gasteiger partial charge >= 0.3 is 11.9 Å². The van der Waals surface area contributed by atoms with Gasteiger partial charge in [-0.3, -0.25) is 9.59 Å². The summed E-state index contributed by atoms with van der Waals surface area (Å²) in [7, 11) is 2.60. The number of carbonyl (C=O) groups is 4. The minimum absolute atomic E-state index is 0.202. The second-order valence-corrected chi connectivity index (χ2v) is 9.75. The third kappa shape index (κ3) is 5.85. The van der Waals surface area contributed by atoms with Gasteiger partial charge in [0.1, 0.15) is 18.2 Å². The Morgan fingerprint density at radius 3 is 1.43 bits per heavy atom. The number of amides is 2. The van der Waals surface area contributed by atoms with Crippen molar-refractivity contribution in [1.29, 1.82) is 0 Å². The van der Waals surface area contributed by atoms with Crippen LogP contribution in [0.15, 0.2) is 60.9 Å². The summed E-state index contributed by atoms with van der Waals surface area (Å²) in [6, 6.07) is 14.1. The highest BCUT2D eigenvalue weighted by molar-refractivity contribution is 5.89. The lowest BCUT2D eigenvalue weighted by atomic mass is 10.1. The molecule has 2 atom stereocenters. The van der Waals surface area contributed by atoms with Crippen molar-refractivity contribution in [2.75, 3.05) is 14.2 Å². The molecule has 210 valence electrons. The highest BCUT2D eigenvalue weighted by Gasteiger charge is 2.26. The summed E-state index contributed by atoms with van der Waals surface area (Å²) in [4.78, 5) is 48.4. The molecule has 4 aromatic rings. The molecule has 0 spiro atoms. The third-order valence-corrected chi connectivity index (χ3v) is 7.03. The fraction of sp³-hybridized carbons (Fsp3) is 0.333. The maximum atomic E-state index is 12.4. The first-order valence-corrected chi connectivity index (χ1v) is 13.0. The molecule has 0 aliphatic heterocycles. The Morgan fingerprint density at radius 2 is 1.07 bits per heavy atom. The molecular weight excluding hydrogens is 512 g/mol. The monoisotopic (exact) mass is 546 g/mol. The minimum Gasteiger partial charge on any atom is -0.467 e. The van der Waals surface area contributed by atoms with E-state index in [0.717, 1.165) is 32.9 Å². The van der Waals surface area contributed by atoms with E-state index in [1.54, 1.807) is 0 Å². The number of para-hydroxylation sites is 2. The Kier molecular flexibility index (Phi) is 8.57. The summed E-state index contributed by atoms with van der Waals surface area (Å²) in [6.07, 6.45) is 4.32. The Labute approximate surface area is 232 Å². The number of benzene rings is 2. The zero-order valence-corrected chi connectivity index (χ0v) is 23.3. The first-order valence-electron chi connectivity index (χ1n) is 13.0. The number of nitrogens with zero attached hydrogens (tertiary/aromatic N) is 2. The number of esters is 2. The Balaban J connectivity index is 1.77. The lowest BCUT2D eigenvalue weighted by molar-refractivity contribution is -0.145. The Morgan fingerprint density at radius 1 is 0.700 bits per heavy atom. The van der Waals surface area contributed by atoms with Crippen LogP contribution in [0.25, 0.3) is 21.8 Å². The molecule has 0 bridgehead atoms. The molecular formula is C30H34N4O6. The molecule has 2 amide bonds. The predicted octanol–water partition coefficient (Wildman–Crippen LogP) is 3.10. The molecule has 40 heavy (non-hydrogen) atoms. The van der Waals surface area contributed by atoms with Crippen LogP contribution in [0.2, 0.25) is 0 Å². The zero-order valence-electron chi connectivity index (χ0n) is 23.3. The van der Waals surface area contributed by atoms with Crippen molar-refractivity contribution in [3.8, 4) is 0 Å². The van der Waals surface area contributed by atoms with Gasteiger partial charge in [-0.1, -0.05) is 36.4 Å². The summed E-state index contributed by atoms with van der Waals surface area (Å²) in [5, 5.41) is 7.30. The van der Waals surface area contributed by atoms with E-state index in [4.69, 9.17) is 9.47 Å². The van der Waals surface area contributed by atoms with E-state index >= 15 is 0 Å². The van der Waals surface area contributed by atoms with Crippen molar-refractivity contribution >= 4 is 45.6 Å². The van der Waals surface area contributed by atoms with Crippen LogP contribution >= 0.6 is 0 Å². The van der Waals surface area contributed by atoms with Crippen molar-refractivity contribution in [2.45, 2.75) is 51.9 Å². The van der Waals surface area contributed by atoms with Gasteiger partial charge in [-0.25, -0.2) is 9.59 Å². The van der Waals surface area contributed by atoms with Gasteiger partial charge in [0.25, 0.3) is 0 Å². The van der Waals surface area contributed by atoms with Crippen LogP contribution in [-0.2, 0) is 41.5 Å². The molecule has 2 aromatic carbocycles. The first-order chi connectivity index (χ1) is 19.1. The van der Waals surface area contributed by atoms with Crippen LogP contribution in [0.1, 0.15) is 38.1 Å². The topological polar surface area (TPSA) is 121 Å². The van der Waals surface area contributed by atoms with Gasteiger partial charge < -0.3 is 29.2 Å². The number of fused-ring (bicyclic) bond motifs is 2. The summed E-state index contributed by atoms with van der Waals surface area (Å²) >= 11 is 0. The standard InChI is InChI=1S/C30H34N4O6/c1-18(35)31-25(29(37)39-4)14-21-16-33(27-12-8-6-10-23(21)27)20(3)34-17-22(24-11-7-9-13-28(24)34)15-26(30(38)40-5)32-19(2)36/h6-13,16-17,20,25-26H,14-15H2,1-5H3,(H,31,35)(H,32,36). The van der Waals surface area contributed by atoms with Crippen molar-refractivity contribution in [1.82, 2.24) is 19.8 Å². The van der Waals surface area contributed by atoms with Crippen molar-refractivity contribution in [3.63, 3.8) is 0 Å². The molecule has 2 heterocycles. The second-order valence-electron chi connectivity index (χ2n) is 9.75. The average Bonchev–Trinajstić information content (AvgIpc) is 3.49. The SMILES string of the molecule is COC(=O)C(Cc1cn(C(C)n2cc(CC(NC(C)=O)C(=O)OC)c3ccccc32)c2ccccc12)NC(C)=O. The van der Waals surface area contributed by atoms with Crippen molar-refractivity contribution in [3.05, 3.63) is 72.1 Å². The second kappa shape index (κ2) is 12.1. The maximum Gasteiger partial charge on any atom is 0.328 e. The van der Waals surface area contributed by atoms with Crippen LogP contribution in [0.4, 0.5) is 0 Å². The molecule has 2 unspecified atom stereocenters. The van der Waals surface area contributed by atoms with E-state index in [2.05, 4.69) is 26.7 Å². The van der Waals surface area contributed by atoms with Crippen LogP contribution in [0.5, 0.6) is 0 Å². The Bertz CT molecular complexity index is 1450. The number of ether oxygens (including phenoxy) is 2. The number of methoxy groups -OCH3 is 2. The molecule has 2 N–H and O–H groups in total. The number of carbonyl (C=O) groups excluding carboxylic acids is 4. The highest BCUT2D eigenvalue weighted by Crippen LogP contribution is 2.31. The maximum absolute atomic E-state index is 12.4. The minimum atomic E-state index is -0.819. The Hall–Kier alpha value is -4.60. The van der Waals surface area contributed by atoms with Gasteiger partial charge in [0, 0.05) is 49.9 Å². The van der Waals surface area contributed by atoms with E-state index in [-0.39, 0.29) is 30.8 Å². The third-order valence-electron chi connectivity index (χ3n) is 7.03. The normalized spacial score (nSPS) is 13.4. The van der Waals surface area contributed by atoms with Crippen LogP contribution in [0.3, 0.4) is 0 Å². The van der Waals surface area contributed by atoms with E-state index < -0.39 is 24.0 Å². The fourth-order valence-electron chi connectivity index (χ4n) is 5.23. The molecule has 10 heteroatoms. The van der Waals surface area contributed by atoms with Crippen LogP contribution < -0.4 is 10.6 Å². The fourth-order valence-corrected chi connectivity index (χ4v) is 5.23. The number of nitrogens with one attached hydrogen (secondary N) is 2. The van der Waals surface area contributed by atoms with Crippen LogP contribution in [-0.4, -0.2) is 59.2 Å². The number of rotatable bonds is 10. The first kappa shape index (κ1) is 28.4. The predicted molar refractivity (Wildman–Crippen MR) is 151 cm³/mol. The molecule has 2 aromatic heterocycles. The summed E-state index contributed by atoms with van der Waals surface area (Å²) in [5.74, 6) is -1.66. The molecule has 0 saturated carbocycles. The van der Waals surface area contributed by atoms with Gasteiger partial charge in [-0.05, 0) is 30.2 Å². The largest absolute Gasteiger partial charge is 0.467 e. The van der Waals surface area contributed by atoms with Crippen molar-refractivity contribution < 1.29 is 28.7 Å². The van der Waals surface area contributed by atoms with Gasteiger partial charge in [0.2, 0.25) is 11.8 Å². The number of hydrogen-bond acceptors (Lipinski definition) is 6. The quantitative estimate of drug-likeness (QED) is 0.295. The number of hydrogen-bond donors (Lipinski definition) is 2. The smallest absolute Gasteiger partial charge is 0.328 e. The van der Waals surface area contributed by atoms with E-state index in [0.29, 0.717) is 0 Å². The molecule has 4 rings (SSSR count). The molecule has 0 fully saturated rings. The molecule has 0 saturated heterocycles. The lowest BCUT2D eigenvalue weighted by Gasteiger charge is -2.19. The van der Waals surface area contributed by atoms with E-state index in [9.17, 15) is 19.2 Å². The van der Waals surface area contributed by atoms with Gasteiger partial charge in [0.15, 0.2) is 0 Å². The average molecular weight is 547 g/mol. The molecule has 0 aliphatic carbocycles. The highest BCUT2D eigenvalue weighted by atomic mass is 16.5. The molecule has 10 nitrogen and oxygen atoms in total. The van der Waals surface area contributed by atoms with Gasteiger partial charge in [-0.15, -0.1) is 0 Å². The van der Waals surface area contributed by atoms with E-state index in [1.807, 2.05) is 60.9 Å². The lowest BCUT2D eigenvalue weighted by Crippen LogP contribution is -2.42. The van der Waals surface area contributed by atoms with Gasteiger partial charge in [0.05, 0.1) is 25.3 Å². The van der Waals surface area contributed by atoms with Gasteiger partial charge in [-0.2, -0.15) is 0 Å². The molecule has 0 aliphatic rings. The molecule has 0 radical (unpaired) electrons. The van der Waals surface area contributed by atoms with E-state index in [1.165, 1.54) is 28.1 Å². The van der Waals surface area contributed by atoms with Crippen molar-refractivity contribution in [2.24, 2.45) is 0 Å². The summed E-state index contributed by atoms with van der Waals surface area (Å²) in [6.45, 7) is 4.79. The van der Waals surface area contributed by atoms with Crippen LogP contribution in [0, 0.1) is 0 Å². The summed E-state index contributed by atoms with van der Waals surface area (Å²) < 4.78 is 14.1. The summed E-state index contributed by atoms with van der Waals surface area (Å²) in [5.41, 5.74) is 3.70. The number of aromatic nitrogens is 2. The zero-order chi connectivity index (χ0) is 29.0.